The first-order chi connectivity index (χ1) is 5.85. The van der Waals surface area contributed by atoms with Gasteiger partial charge < -0.3 is 0 Å². The molecule has 3 fully saturated rings. The summed E-state index contributed by atoms with van der Waals surface area (Å²) in [5.41, 5.74) is 0. The number of hydrogen-bond acceptors (Lipinski definition) is 2. The molecule has 3 atom stereocenters. The van der Waals surface area contributed by atoms with Gasteiger partial charge in [0.05, 0.1) is 8.48 Å². The van der Waals surface area contributed by atoms with Gasteiger partial charge in [0.25, 0.3) is 0 Å². The first-order valence-corrected chi connectivity index (χ1v) is 7.96. The molecule has 0 saturated heterocycles. The Labute approximate surface area is 95.6 Å². The van der Waals surface area contributed by atoms with Gasteiger partial charge in [-0.1, -0.05) is 38.3 Å². The minimum Gasteiger partial charge on any atom is -0.229 e. The van der Waals surface area contributed by atoms with Gasteiger partial charge in [0.15, 0.2) is 9.84 Å². The molecule has 2 nitrogen and oxygen atoms in total. The number of rotatable bonds is 1. The zero-order chi connectivity index (χ0) is 9.85. The van der Waals surface area contributed by atoms with Crippen LogP contribution >= 0.6 is 31.9 Å². The van der Waals surface area contributed by atoms with E-state index in [1.165, 1.54) is 12.7 Å². The van der Waals surface area contributed by atoms with Crippen molar-refractivity contribution >= 4 is 41.7 Å². The first-order valence-electron chi connectivity index (χ1n) is 4.42. The Balaban J connectivity index is 2.30. The van der Waals surface area contributed by atoms with Gasteiger partial charge in [-0.15, -0.1) is 0 Å². The van der Waals surface area contributed by atoms with E-state index in [1.807, 2.05) is 0 Å². The van der Waals surface area contributed by atoms with Gasteiger partial charge in [0.1, 0.15) is 0 Å². The predicted molar refractivity (Wildman–Crippen MR) is 60.0 cm³/mol. The van der Waals surface area contributed by atoms with Crippen molar-refractivity contribution in [1.29, 1.82) is 0 Å². The van der Waals surface area contributed by atoms with E-state index in [4.69, 9.17) is 0 Å². The molecule has 0 aliphatic heterocycles. The molecular formula is C8H12Br2O2S. The summed E-state index contributed by atoms with van der Waals surface area (Å²) in [6.07, 6.45) is 4.56. The maximum absolute atomic E-state index is 11.5. The Bertz CT molecular complexity index is 309. The first kappa shape index (κ1) is 10.4. The van der Waals surface area contributed by atoms with Gasteiger partial charge in [0, 0.05) is 18.1 Å². The zero-order valence-electron chi connectivity index (χ0n) is 7.33. The van der Waals surface area contributed by atoms with Crippen LogP contribution in [0.2, 0.25) is 0 Å². The number of halogens is 2. The van der Waals surface area contributed by atoms with Crippen LogP contribution in [0.3, 0.4) is 0 Å². The third-order valence-electron chi connectivity index (χ3n) is 3.31. The number of alkyl halides is 2. The molecule has 0 amide bonds. The molecule has 2 bridgehead atoms. The lowest BCUT2D eigenvalue weighted by Gasteiger charge is -2.58. The predicted octanol–water partition coefficient (Wildman–Crippen LogP) is 2.32. The fourth-order valence-corrected chi connectivity index (χ4v) is 7.39. The van der Waals surface area contributed by atoms with Crippen LogP contribution in [-0.2, 0) is 9.84 Å². The maximum atomic E-state index is 11.5. The second-order valence-corrected chi connectivity index (χ2v) is 10.0. The van der Waals surface area contributed by atoms with Crippen molar-refractivity contribution in [1.82, 2.24) is 0 Å². The van der Waals surface area contributed by atoms with E-state index in [-0.39, 0.29) is 20.3 Å². The summed E-state index contributed by atoms with van der Waals surface area (Å²) in [6, 6.07) is 0. The average Bonchev–Trinajstić information content (AvgIpc) is 2.01. The zero-order valence-corrected chi connectivity index (χ0v) is 11.3. The van der Waals surface area contributed by atoms with E-state index in [2.05, 4.69) is 31.9 Å². The Morgan fingerprint density at radius 3 is 1.92 bits per heavy atom. The van der Waals surface area contributed by atoms with Gasteiger partial charge >= 0.3 is 0 Å². The normalized spacial score (nSPS) is 42.5. The van der Waals surface area contributed by atoms with E-state index >= 15 is 0 Å². The molecule has 0 radical (unpaired) electrons. The number of fused-ring (bicyclic) bond motifs is 2. The van der Waals surface area contributed by atoms with Crippen molar-refractivity contribution in [2.24, 2.45) is 11.8 Å². The van der Waals surface area contributed by atoms with Gasteiger partial charge in [-0.25, -0.2) is 8.42 Å². The van der Waals surface area contributed by atoms with Crippen molar-refractivity contribution in [3.63, 3.8) is 0 Å². The number of sulfone groups is 1. The highest BCUT2D eigenvalue weighted by molar-refractivity contribution is 9.25. The highest BCUT2D eigenvalue weighted by Crippen LogP contribution is 2.63. The largest absolute Gasteiger partial charge is 0.229 e. The number of hydrogen-bond donors (Lipinski definition) is 0. The molecule has 5 heteroatoms. The van der Waals surface area contributed by atoms with Gasteiger partial charge in [0.2, 0.25) is 0 Å². The van der Waals surface area contributed by atoms with Crippen LogP contribution in [0.4, 0.5) is 0 Å². The molecule has 0 aromatic rings. The van der Waals surface area contributed by atoms with Crippen molar-refractivity contribution < 1.29 is 8.42 Å². The molecule has 3 aliphatic carbocycles. The topological polar surface area (TPSA) is 34.1 Å². The summed E-state index contributed by atoms with van der Waals surface area (Å²) in [7, 11) is -2.86. The smallest absolute Gasteiger partial charge is 0.151 e. The van der Waals surface area contributed by atoms with Crippen LogP contribution in [0.5, 0.6) is 0 Å². The van der Waals surface area contributed by atoms with Gasteiger partial charge in [-0.05, 0) is 12.8 Å². The summed E-state index contributed by atoms with van der Waals surface area (Å²) in [5, 5.41) is -0.111. The van der Waals surface area contributed by atoms with Gasteiger partial charge in [-0.2, -0.15) is 0 Å². The van der Waals surface area contributed by atoms with Crippen molar-refractivity contribution in [3.05, 3.63) is 0 Å². The third-order valence-corrected chi connectivity index (χ3v) is 7.30. The van der Waals surface area contributed by atoms with Crippen LogP contribution in [0.15, 0.2) is 0 Å². The minimum atomic E-state index is -2.86. The van der Waals surface area contributed by atoms with E-state index in [9.17, 15) is 8.42 Å². The fraction of sp³-hybridized carbons (Fsp3) is 1.00. The molecule has 0 aromatic carbocycles. The molecule has 3 rings (SSSR count). The van der Waals surface area contributed by atoms with Crippen LogP contribution < -0.4 is 0 Å². The van der Waals surface area contributed by atoms with Crippen LogP contribution in [0, 0.1) is 11.8 Å². The molecule has 0 spiro atoms. The molecule has 1 unspecified atom stereocenters. The molecule has 3 aliphatic rings. The van der Waals surface area contributed by atoms with Crippen LogP contribution in [0.1, 0.15) is 19.3 Å². The second kappa shape index (κ2) is 2.95. The standard InChI is InChI=1S/C8H12Br2O2S/c1-13(11,12)7-5-3-2-4-6(7)8(5,9)10/h5-7H,2-4H2,1H3/t5-,6+,7?. The van der Waals surface area contributed by atoms with E-state index in [0.717, 1.165) is 12.8 Å². The molecular weight excluding hydrogens is 320 g/mol. The lowest BCUT2D eigenvalue weighted by molar-refractivity contribution is 0.122. The Hall–Kier alpha value is 0.910. The fourth-order valence-electron chi connectivity index (χ4n) is 2.74. The van der Waals surface area contributed by atoms with Crippen molar-refractivity contribution in [2.45, 2.75) is 27.7 Å². The molecule has 0 aromatic heterocycles. The summed E-state index contributed by atoms with van der Waals surface area (Å²) < 4.78 is 22.9. The Morgan fingerprint density at radius 1 is 1.23 bits per heavy atom. The monoisotopic (exact) mass is 330 g/mol. The second-order valence-electron chi connectivity index (χ2n) is 4.11. The third kappa shape index (κ3) is 1.42. The van der Waals surface area contributed by atoms with E-state index in [0.29, 0.717) is 0 Å². The quantitative estimate of drug-likeness (QED) is 0.691. The van der Waals surface area contributed by atoms with Crippen LogP contribution in [-0.4, -0.2) is 23.2 Å². The van der Waals surface area contributed by atoms with E-state index in [1.54, 1.807) is 0 Å². The average molecular weight is 332 g/mol. The summed E-state index contributed by atoms with van der Waals surface area (Å²) in [6.45, 7) is 0. The molecule has 13 heavy (non-hydrogen) atoms. The summed E-state index contributed by atoms with van der Waals surface area (Å²) in [5.74, 6) is 0.530. The van der Waals surface area contributed by atoms with Crippen LogP contribution in [0.25, 0.3) is 0 Å². The lowest BCUT2D eigenvalue weighted by Crippen LogP contribution is -2.63. The molecule has 76 valence electrons. The molecule has 0 heterocycles. The SMILES string of the molecule is CS(=O)(=O)C1[C@H]2CCC[C@@H]1C2(Br)Br. The lowest BCUT2D eigenvalue weighted by atomic mass is 9.64. The van der Waals surface area contributed by atoms with Crippen molar-refractivity contribution in [2.75, 3.05) is 6.26 Å². The molecule has 3 saturated carbocycles. The van der Waals surface area contributed by atoms with Crippen molar-refractivity contribution in [3.8, 4) is 0 Å². The summed E-state index contributed by atoms with van der Waals surface area (Å²) in [4.78, 5) is 0. The van der Waals surface area contributed by atoms with E-state index < -0.39 is 9.84 Å². The van der Waals surface area contributed by atoms with Gasteiger partial charge in [-0.3, -0.25) is 0 Å². The Kier molecular flexibility index (Phi) is 2.37. The highest BCUT2D eigenvalue weighted by atomic mass is 79.9. The maximum Gasteiger partial charge on any atom is 0.151 e. The minimum absolute atomic E-state index is 0.0913. The Morgan fingerprint density at radius 2 is 1.69 bits per heavy atom. The highest BCUT2D eigenvalue weighted by Gasteiger charge is 2.64. The molecule has 0 N–H and O–H groups in total. The summed E-state index contributed by atoms with van der Waals surface area (Å²) >= 11 is 7.19.